The van der Waals surface area contributed by atoms with Crippen molar-refractivity contribution in [1.82, 2.24) is 10.6 Å². The van der Waals surface area contributed by atoms with Crippen molar-refractivity contribution in [2.45, 2.75) is 58.9 Å². The highest BCUT2D eigenvalue weighted by atomic mass is 16.4. The molecule has 0 aromatic carbocycles. The highest BCUT2D eigenvalue weighted by molar-refractivity contribution is 5.81. The Bertz CT molecular complexity index is 401. The smallest absolute Gasteiger partial charge is 0.306 e. The second kappa shape index (κ2) is 7.43. The minimum atomic E-state index is -0.781. The molecule has 0 heterocycles. The summed E-state index contributed by atoms with van der Waals surface area (Å²) in [5.74, 6) is -1.21. The average Bonchev–Trinajstić information content (AvgIpc) is 2.81. The molecule has 0 aromatic rings. The number of carboxylic acid groups (broad SMARTS) is 1. The summed E-state index contributed by atoms with van der Waals surface area (Å²) >= 11 is 0. The van der Waals surface area contributed by atoms with Crippen LogP contribution in [0.2, 0.25) is 0 Å². The number of rotatable bonds is 6. The molecule has 0 radical (unpaired) electrons. The molecular formula is C15H26N2O4. The Hall–Kier alpha value is -1.59. The fourth-order valence-corrected chi connectivity index (χ4v) is 2.35. The summed E-state index contributed by atoms with van der Waals surface area (Å²) in [5, 5.41) is 14.6. The van der Waals surface area contributed by atoms with Gasteiger partial charge in [0.15, 0.2) is 0 Å². The van der Waals surface area contributed by atoms with Crippen LogP contribution in [0.5, 0.6) is 0 Å². The number of carbonyl (C=O) groups excluding carboxylic acids is 2. The minimum absolute atomic E-state index is 0.0250. The fourth-order valence-electron chi connectivity index (χ4n) is 2.35. The summed E-state index contributed by atoms with van der Waals surface area (Å²) in [6.07, 6.45) is 2.80. The predicted molar refractivity (Wildman–Crippen MR) is 78.6 cm³/mol. The van der Waals surface area contributed by atoms with E-state index >= 15 is 0 Å². The molecule has 2 unspecified atom stereocenters. The number of nitrogens with one attached hydrogen (secondary N) is 2. The van der Waals surface area contributed by atoms with Crippen LogP contribution in [0.1, 0.15) is 52.9 Å². The first-order chi connectivity index (χ1) is 9.70. The van der Waals surface area contributed by atoms with Gasteiger partial charge < -0.3 is 15.7 Å². The molecule has 2 amide bonds. The van der Waals surface area contributed by atoms with Gasteiger partial charge >= 0.3 is 5.97 Å². The van der Waals surface area contributed by atoms with E-state index in [-0.39, 0.29) is 23.8 Å². The van der Waals surface area contributed by atoms with Crippen LogP contribution < -0.4 is 10.6 Å². The van der Waals surface area contributed by atoms with Crippen molar-refractivity contribution in [2.24, 2.45) is 11.3 Å². The molecule has 1 saturated carbocycles. The van der Waals surface area contributed by atoms with Crippen LogP contribution in [-0.4, -0.2) is 35.5 Å². The average molecular weight is 298 g/mol. The number of carboxylic acids is 1. The Morgan fingerprint density at radius 1 is 1.19 bits per heavy atom. The zero-order valence-corrected chi connectivity index (χ0v) is 13.1. The zero-order valence-electron chi connectivity index (χ0n) is 13.1. The van der Waals surface area contributed by atoms with Crippen LogP contribution >= 0.6 is 0 Å². The predicted octanol–water partition coefficient (Wildman–Crippen LogP) is 1.30. The Balaban J connectivity index is 2.15. The molecule has 0 saturated heterocycles. The minimum Gasteiger partial charge on any atom is -0.481 e. The molecule has 1 rings (SSSR count). The molecule has 2 atom stereocenters. The van der Waals surface area contributed by atoms with Gasteiger partial charge in [-0.2, -0.15) is 0 Å². The van der Waals surface area contributed by atoms with E-state index in [1.165, 1.54) is 0 Å². The quantitative estimate of drug-likeness (QED) is 0.644. The lowest BCUT2D eigenvalue weighted by Crippen LogP contribution is -2.36. The molecule has 21 heavy (non-hydrogen) atoms. The molecule has 120 valence electrons. The van der Waals surface area contributed by atoms with Gasteiger partial charge in [-0.05, 0) is 25.7 Å². The molecule has 0 spiro atoms. The third-order valence-corrected chi connectivity index (χ3v) is 3.69. The third-order valence-electron chi connectivity index (χ3n) is 3.69. The summed E-state index contributed by atoms with van der Waals surface area (Å²) in [6.45, 7) is 6.00. The Morgan fingerprint density at radius 2 is 1.86 bits per heavy atom. The van der Waals surface area contributed by atoms with Crippen molar-refractivity contribution >= 4 is 17.8 Å². The first-order valence-corrected chi connectivity index (χ1v) is 7.50. The fraction of sp³-hybridized carbons (Fsp3) is 0.800. The van der Waals surface area contributed by atoms with E-state index in [2.05, 4.69) is 10.6 Å². The first kappa shape index (κ1) is 17.5. The van der Waals surface area contributed by atoms with Gasteiger partial charge in [-0.1, -0.05) is 20.8 Å². The molecule has 6 nitrogen and oxygen atoms in total. The van der Waals surface area contributed by atoms with Crippen LogP contribution in [0.25, 0.3) is 0 Å². The number of hydrogen-bond acceptors (Lipinski definition) is 3. The van der Waals surface area contributed by atoms with Crippen LogP contribution in [0.15, 0.2) is 0 Å². The second-order valence-electron chi connectivity index (χ2n) is 6.72. The van der Waals surface area contributed by atoms with Gasteiger partial charge in [-0.3, -0.25) is 14.4 Å². The summed E-state index contributed by atoms with van der Waals surface area (Å²) in [6, 6.07) is -0.0252. The van der Waals surface area contributed by atoms with Crippen LogP contribution in [0.3, 0.4) is 0 Å². The van der Waals surface area contributed by atoms with Gasteiger partial charge in [0, 0.05) is 24.4 Å². The molecule has 0 aromatic heterocycles. The summed E-state index contributed by atoms with van der Waals surface area (Å²) < 4.78 is 0. The van der Waals surface area contributed by atoms with E-state index < -0.39 is 11.4 Å². The highest BCUT2D eigenvalue weighted by Gasteiger charge is 2.30. The summed E-state index contributed by atoms with van der Waals surface area (Å²) in [5.41, 5.74) is -0.419. The van der Waals surface area contributed by atoms with E-state index in [4.69, 9.17) is 5.11 Å². The number of hydrogen-bond donors (Lipinski definition) is 3. The largest absolute Gasteiger partial charge is 0.481 e. The second-order valence-corrected chi connectivity index (χ2v) is 6.72. The lowest BCUT2D eigenvalue weighted by atomic mass is 9.96. The van der Waals surface area contributed by atoms with Crippen molar-refractivity contribution in [1.29, 1.82) is 0 Å². The third kappa shape index (κ3) is 6.14. The molecule has 0 bridgehead atoms. The SMILES string of the molecule is CC(C)(C)C(=O)NCCCC(=O)NC1CCC(C(=O)O)C1. The molecule has 3 N–H and O–H groups in total. The lowest BCUT2D eigenvalue weighted by Gasteiger charge is -2.17. The van der Waals surface area contributed by atoms with E-state index in [0.717, 1.165) is 6.42 Å². The summed E-state index contributed by atoms with van der Waals surface area (Å²) in [7, 11) is 0. The highest BCUT2D eigenvalue weighted by Crippen LogP contribution is 2.25. The summed E-state index contributed by atoms with van der Waals surface area (Å²) in [4.78, 5) is 34.2. The van der Waals surface area contributed by atoms with Gasteiger partial charge in [0.25, 0.3) is 0 Å². The van der Waals surface area contributed by atoms with Gasteiger partial charge in [0.1, 0.15) is 0 Å². The molecule has 1 aliphatic carbocycles. The number of carbonyl (C=O) groups is 3. The first-order valence-electron chi connectivity index (χ1n) is 7.50. The van der Waals surface area contributed by atoms with Gasteiger partial charge in [-0.25, -0.2) is 0 Å². The van der Waals surface area contributed by atoms with Gasteiger partial charge in [0.2, 0.25) is 11.8 Å². The van der Waals surface area contributed by atoms with Crippen molar-refractivity contribution < 1.29 is 19.5 Å². The van der Waals surface area contributed by atoms with E-state index in [9.17, 15) is 14.4 Å². The molecular weight excluding hydrogens is 272 g/mol. The van der Waals surface area contributed by atoms with Crippen molar-refractivity contribution in [3.63, 3.8) is 0 Å². The van der Waals surface area contributed by atoms with Crippen LogP contribution in [0.4, 0.5) is 0 Å². The standard InChI is InChI=1S/C15H26N2O4/c1-15(2,3)14(21)16-8-4-5-12(18)17-11-7-6-10(9-11)13(19)20/h10-11H,4-9H2,1-3H3,(H,16,21)(H,17,18)(H,19,20). The van der Waals surface area contributed by atoms with E-state index in [1.54, 1.807) is 0 Å². The molecule has 1 aliphatic rings. The lowest BCUT2D eigenvalue weighted by molar-refractivity contribution is -0.141. The maximum Gasteiger partial charge on any atom is 0.306 e. The monoisotopic (exact) mass is 298 g/mol. The normalized spacial score (nSPS) is 21.9. The Labute approximate surface area is 125 Å². The molecule has 6 heteroatoms. The topological polar surface area (TPSA) is 95.5 Å². The van der Waals surface area contributed by atoms with Gasteiger partial charge in [-0.15, -0.1) is 0 Å². The van der Waals surface area contributed by atoms with E-state index in [0.29, 0.717) is 32.2 Å². The Kier molecular flexibility index (Phi) is 6.18. The number of amides is 2. The Morgan fingerprint density at radius 3 is 2.38 bits per heavy atom. The van der Waals surface area contributed by atoms with E-state index in [1.807, 2.05) is 20.8 Å². The maximum atomic E-state index is 11.7. The van der Waals surface area contributed by atoms with Crippen LogP contribution in [0, 0.1) is 11.3 Å². The molecule has 1 fully saturated rings. The van der Waals surface area contributed by atoms with Gasteiger partial charge in [0.05, 0.1) is 5.92 Å². The van der Waals surface area contributed by atoms with Crippen molar-refractivity contribution in [2.75, 3.05) is 6.54 Å². The molecule has 0 aliphatic heterocycles. The maximum absolute atomic E-state index is 11.7. The van der Waals surface area contributed by atoms with Crippen LogP contribution in [-0.2, 0) is 14.4 Å². The zero-order chi connectivity index (χ0) is 16.0. The van der Waals surface area contributed by atoms with Crippen molar-refractivity contribution in [3.8, 4) is 0 Å². The van der Waals surface area contributed by atoms with Crippen molar-refractivity contribution in [3.05, 3.63) is 0 Å². The number of aliphatic carboxylic acids is 1.